The molecule has 8 nitrogen and oxygen atoms in total. The number of benzene rings is 1. The van der Waals surface area contributed by atoms with Crippen molar-refractivity contribution in [3.05, 3.63) is 53.4 Å². The molecule has 0 radical (unpaired) electrons. The molecule has 1 aromatic carbocycles. The third-order valence-corrected chi connectivity index (χ3v) is 6.12. The quantitative estimate of drug-likeness (QED) is 0.657. The van der Waals surface area contributed by atoms with Crippen molar-refractivity contribution in [2.24, 2.45) is 0 Å². The number of anilines is 1. The maximum atomic E-state index is 11.2. The second kappa shape index (κ2) is 6.63. The number of aliphatic hydroxyl groups excluding tert-OH is 1. The molecule has 2 aromatic heterocycles. The largest absolute Gasteiger partial charge is 0.386 e. The molecule has 9 heteroatoms. The average molecular weight is 431 g/mol. The van der Waals surface area contributed by atoms with E-state index in [0.29, 0.717) is 22.1 Å². The fourth-order valence-electron chi connectivity index (χ4n) is 4.58. The molecule has 0 saturated carbocycles. The number of fused-ring (bicyclic) bond motifs is 2. The van der Waals surface area contributed by atoms with Gasteiger partial charge in [0.2, 0.25) is 0 Å². The summed E-state index contributed by atoms with van der Waals surface area (Å²) in [5.74, 6) is -0.447. The average Bonchev–Trinajstić information content (AvgIpc) is 3.29. The van der Waals surface area contributed by atoms with Crippen LogP contribution in [0.3, 0.4) is 0 Å². The van der Waals surface area contributed by atoms with Crippen molar-refractivity contribution in [1.82, 2.24) is 14.5 Å². The van der Waals surface area contributed by atoms with E-state index in [2.05, 4.69) is 9.97 Å². The summed E-state index contributed by atoms with van der Waals surface area (Å²) >= 11 is 6.01. The summed E-state index contributed by atoms with van der Waals surface area (Å²) in [5, 5.41) is 12.5. The SMILES string of the molecule is CC1(C)O[C@H]2[C@H](n3ccc4c(N)ncnc43)O[C@H](C(O)c3ccc(Cl)cc3)[C@@]2(C)O1. The Balaban J connectivity index is 1.58. The minimum atomic E-state index is -0.946. The normalized spacial score (nSPS) is 31.2. The Morgan fingerprint density at radius 3 is 2.63 bits per heavy atom. The van der Waals surface area contributed by atoms with Crippen molar-refractivity contribution in [1.29, 1.82) is 0 Å². The van der Waals surface area contributed by atoms with Gasteiger partial charge in [0, 0.05) is 11.2 Å². The van der Waals surface area contributed by atoms with E-state index in [1.54, 1.807) is 24.3 Å². The molecule has 5 rings (SSSR count). The number of aliphatic hydroxyl groups is 1. The van der Waals surface area contributed by atoms with Gasteiger partial charge in [-0.3, -0.25) is 0 Å². The number of nitrogens with two attached hydrogens (primary N) is 1. The lowest BCUT2D eigenvalue weighted by Crippen LogP contribution is -2.46. The number of ether oxygens (including phenoxy) is 3. The molecule has 3 N–H and O–H groups in total. The lowest BCUT2D eigenvalue weighted by Gasteiger charge is -2.32. The molecule has 2 fully saturated rings. The van der Waals surface area contributed by atoms with Crippen LogP contribution in [-0.2, 0) is 14.2 Å². The van der Waals surface area contributed by atoms with Gasteiger partial charge in [0.1, 0.15) is 41.7 Å². The van der Waals surface area contributed by atoms with Gasteiger partial charge in [0.15, 0.2) is 12.0 Å². The van der Waals surface area contributed by atoms with E-state index in [0.717, 1.165) is 5.39 Å². The minimum Gasteiger partial charge on any atom is -0.386 e. The van der Waals surface area contributed by atoms with Gasteiger partial charge in [-0.2, -0.15) is 0 Å². The fraction of sp³-hybridized carbons (Fsp3) is 0.429. The van der Waals surface area contributed by atoms with Gasteiger partial charge in [-0.25, -0.2) is 9.97 Å². The van der Waals surface area contributed by atoms with E-state index in [-0.39, 0.29) is 0 Å². The summed E-state index contributed by atoms with van der Waals surface area (Å²) in [5.41, 5.74) is 6.41. The second-order valence-electron chi connectivity index (χ2n) is 8.39. The highest BCUT2D eigenvalue weighted by atomic mass is 35.5. The molecule has 3 aromatic rings. The molecule has 2 aliphatic heterocycles. The highest BCUT2D eigenvalue weighted by Gasteiger charge is 2.65. The number of hydrogen-bond acceptors (Lipinski definition) is 7. The van der Waals surface area contributed by atoms with Crippen LogP contribution in [0.1, 0.15) is 38.7 Å². The zero-order valence-corrected chi connectivity index (χ0v) is 17.6. The third-order valence-electron chi connectivity index (χ3n) is 5.86. The smallest absolute Gasteiger partial charge is 0.165 e. The van der Waals surface area contributed by atoms with Gasteiger partial charge in [-0.15, -0.1) is 0 Å². The Kier molecular flexibility index (Phi) is 4.36. The standard InChI is InChI=1S/C21H23ClN4O4/c1-20(2)29-16-19(26-9-8-13-17(23)24-10-25-18(13)26)28-15(21(16,3)30-20)14(27)11-4-6-12(22)7-5-11/h4-10,14-16,19,27H,1-3H3,(H2,23,24,25)/t14?,15-,16+,19-,21-/m1/s1. The minimum absolute atomic E-state index is 0.390. The summed E-state index contributed by atoms with van der Waals surface area (Å²) in [6.45, 7) is 5.62. The van der Waals surface area contributed by atoms with Gasteiger partial charge in [-0.05, 0) is 44.5 Å². The summed E-state index contributed by atoms with van der Waals surface area (Å²) in [6.07, 6.45) is 0.567. The van der Waals surface area contributed by atoms with E-state index < -0.39 is 35.9 Å². The Hall–Kier alpha value is -2.23. The van der Waals surface area contributed by atoms with E-state index in [1.165, 1.54) is 6.33 Å². The number of halogens is 1. The number of rotatable bonds is 3. The van der Waals surface area contributed by atoms with E-state index in [4.69, 9.17) is 31.5 Å². The van der Waals surface area contributed by atoms with E-state index in [1.807, 2.05) is 37.6 Å². The van der Waals surface area contributed by atoms with Crippen molar-refractivity contribution >= 4 is 28.5 Å². The van der Waals surface area contributed by atoms with Gasteiger partial charge >= 0.3 is 0 Å². The van der Waals surface area contributed by atoms with Crippen molar-refractivity contribution in [3.63, 3.8) is 0 Å². The summed E-state index contributed by atoms with van der Waals surface area (Å²) < 4.78 is 20.8. The molecule has 1 unspecified atom stereocenters. The zero-order chi connectivity index (χ0) is 21.3. The van der Waals surface area contributed by atoms with Crippen molar-refractivity contribution in [2.75, 3.05) is 5.73 Å². The van der Waals surface area contributed by atoms with Crippen LogP contribution in [-0.4, -0.2) is 43.2 Å². The molecular weight excluding hydrogens is 408 g/mol. The molecule has 0 spiro atoms. The first-order valence-corrected chi connectivity index (χ1v) is 10.1. The topological polar surface area (TPSA) is 105 Å². The molecule has 0 bridgehead atoms. The summed E-state index contributed by atoms with van der Waals surface area (Å²) in [4.78, 5) is 8.42. The maximum Gasteiger partial charge on any atom is 0.165 e. The van der Waals surface area contributed by atoms with E-state index in [9.17, 15) is 5.11 Å². The van der Waals surface area contributed by atoms with Crippen LogP contribution < -0.4 is 5.73 Å². The van der Waals surface area contributed by atoms with Crippen LogP contribution >= 0.6 is 11.6 Å². The highest BCUT2D eigenvalue weighted by molar-refractivity contribution is 6.30. The molecule has 2 aliphatic rings. The van der Waals surface area contributed by atoms with Crippen LogP contribution in [0.5, 0.6) is 0 Å². The maximum absolute atomic E-state index is 11.2. The molecule has 0 amide bonds. The Bertz CT molecular complexity index is 1100. The monoisotopic (exact) mass is 430 g/mol. The summed E-state index contributed by atoms with van der Waals surface area (Å²) in [6, 6.07) is 8.88. The molecule has 5 atom stereocenters. The second-order valence-corrected chi connectivity index (χ2v) is 8.82. The van der Waals surface area contributed by atoms with Crippen molar-refractivity contribution in [3.8, 4) is 0 Å². The van der Waals surface area contributed by atoms with Crippen molar-refractivity contribution in [2.45, 2.75) is 56.7 Å². The predicted molar refractivity (Wildman–Crippen MR) is 111 cm³/mol. The zero-order valence-electron chi connectivity index (χ0n) is 16.8. The Morgan fingerprint density at radius 1 is 1.17 bits per heavy atom. The molecular formula is C21H23ClN4O4. The molecule has 4 heterocycles. The van der Waals surface area contributed by atoms with Crippen LogP contribution in [0, 0.1) is 0 Å². The Morgan fingerprint density at radius 2 is 1.90 bits per heavy atom. The third kappa shape index (κ3) is 2.91. The van der Waals surface area contributed by atoms with Gasteiger partial charge in [-0.1, -0.05) is 23.7 Å². The lowest BCUT2D eigenvalue weighted by molar-refractivity contribution is -0.223. The van der Waals surface area contributed by atoms with E-state index >= 15 is 0 Å². The number of nitrogens with zero attached hydrogens (tertiary/aromatic N) is 3. The van der Waals surface area contributed by atoms with Gasteiger partial charge < -0.3 is 29.6 Å². The number of aromatic nitrogens is 3. The first-order chi connectivity index (χ1) is 14.2. The number of hydrogen-bond donors (Lipinski definition) is 2. The van der Waals surface area contributed by atoms with Crippen molar-refractivity contribution < 1.29 is 19.3 Å². The van der Waals surface area contributed by atoms with Gasteiger partial charge in [0.25, 0.3) is 0 Å². The number of nitrogen functional groups attached to an aromatic ring is 1. The van der Waals surface area contributed by atoms with Crippen LogP contribution in [0.25, 0.3) is 11.0 Å². The van der Waals surface area contributed by atoms with Crippen LogP contribution in [0.4, 0.5) is 5.82 Å². The molecule has 30 heavy (non-hydrogen) atoms. The lowest BCUT2D eigenvalue weighted by atomic mass is 9.88. The first kappa shape index (κ1) is 19.7. The highest BCUT2D eigenvalue weighted by Crippen LogP contribution is 2.53. The fourth-order valence-corrected chi connectivity index (χ4v) is 4.71. The van der Waals surface area contributed by atoms with Gasteiger partial charge in [0.05, 0.1) is 5.39 Å². The molecule has 158 valence electrons. The predicted octanol–water partition coefficient (Wildman–Crippen LogP) is 3.21. The molecule has 0 aliphatic carbocycles. The summed E-state index contributed by atoms with van der Waals surface area (Å²) in [7, 11) is 0. The van der Waals surface area contributed by atoms with Crippen LogP contribution in [0.2, 0.25) is 5.02 Å². The Labute approximate surface area is 178 Å². The first-order valence-electron chi connectivity index (χ1n) is 9.74. The molecule has 2 saturated heterocycles. The van der Waals surface area contributed by atoms with Crippen LogP contribution in [0.15, 0.2) is 42.9 Å².